The second-order valence-corrected chi connectivity index (χ2v) is 6.47. The molecular weight excluding hydrogens is 268 g/mol. The molecule has 0 bridgehead atoms. The lowest BCUT2D eigenvalue weighted by atomic mass is 9.89. The minimum absolute atomic E-state index is 0.413. The van der Waals surface area contributed by atoms with Gasteiger partial charge < -0.3 is 5.73 Å². The summed E-state index contributed by atoms with van der Waals surface area (Å²) in [5.41, 5.74) is 7.36. The fourth-order valence-corrected chi connectivity index (χ4v) is 3.54. The number of halogens is 1. The van der Waals surface area contributed by atoms with Gasteiger partial charge in [0.05, 0.1) is 0 Å². The second kappa shape index (κ2) is 7.44. The molecule has 3 heteroatoms. The zero-order chi connectivity index (χ0) is 14.5. The summed E-state index contributed by atoms with van der Waals surface area (Å²) in [6.07, 6.45) is 5.96. The molecule has 20 heavy (non-hydrogen) atoms. The minimum atomic E-state index is 0.413. The molecule has 0 spiro atoms. The van der Waals surface area contributed by atoms with E-state index in [1.54, 1.807) is 0 Å². The average molecular weight is 295 g/mol. The summed E-state index contributed by atoms with van der Waals surface area (Å²) >= 11 is 6.14. The van der Waals surface area contributed by atoms with Crippen molar-refractivity contribution in [2.75, 3.05) is 6.54 Å². The van der Waals surface area contributed by atoms with Crippen LogP contribution in [0.15, 0.2) is 24.3 Å². The van der Waals surface area contributed by atoms with E-state index in [1.165, 1.54) is 24.8 Å². The summed E-state index contributed by atoms with van der Waals surface area (Å²) in [5.74, 6) is 0. The van der Waals surface area contributed by atoms with E-state index in [-0.39, 0.29) is 0 Å². The Bertz CT molecular complexity index is 413. The van der Waals surface area contributed by atoms with Crippen LogP contribution in [0.3, 0.4) is 0 Å². The second-order valence-electron chi connectivity index (χ2n) is 6.04. The van der Waals surface area contributed by atoms with E-state index < -0.39 is 0 Å². The molecule has 2 nitrogen and oxygen atoms in total. The summed E-state index contributed by atoms with van der Waals surface area (Å²) in [6.45, 7) is 5.70. The summed E-state index contributed by atoms with van der Waals surface area (Å²) in [6, 6.07) is 9.79. The SMILES string of the molecule is CCCN(C1CCC(N)CC1)C(C)c1cccc(Cl)c1. The van der Waals surface area contributed by atoms with Crippen molar-refractivity contribution < 1.29 is 0 Å². The fourth-order valence-electron chi connectivity index (χ4n) is 3.34. The first kappa shape index (κ1) is 15.8. The van der Waals surface area contributed by atoms with E-state index >= 15 is 0 Å². The highest BCUT2D eigenvalue weighted by Crippen LogP contribution is 2.30. The van der Waals surface area contributed by atoms with Crippen LogP contribution in [-0.4, -0.2) is 23.5 Å². The van der Waals surface area contributed by atoms with Gasteiger partial charge in [-0.25, -0.2) is 0 Å². The number of rotatable bonds is 5. The van der Waals surface area contributed by atoms with Gasteiger partial charge >= 0.3 is 0 Å². The molecule has 0 heterocycles. The molecule has 1 aliphatic rings. The third-order valence-electron chi connectivity index (χ3n) is 4.52. The van der Waals surface area contributed by atoms with Gasteiger partial charge in [-0.2, -0.15) is 0 Å². The molecule has 1 saturated carbocycles. The van der Waals surface area contributed by atoms with Gasteiger partial charge in [0.1, 0.15) is 0 Å². The Kier molecular flexibility index (Phi) is 5.88. The molecule has 0 saturated heterocycles. The van der Waals surface area contributed by atoms with Gasteiger partial charge in [-0.1, -0.05) is 30.7 Å². The van der Waals surface area contributed by atoms with Gasteiger partial charge in [-0.3, -0.25) is 4.90 Å². The topological polar surface area (TPSA) is 29.3 Å². The molecule has 0 radical (unpaired) electrons. The average Bonchev–Trinajstić information content (AvgIpc) is 2.45. The van der Waals surface area contributed by atoms with Crippen LogP contribution >= 0.6 is 11.6 Å². The number of hydrogen-bond acceptors (Lipinski definition) is 2. The molecule has 1 unspecified atom stereocenters. The lowest BCUT2D eigenvalue weighted by Gasteiger charge is -2.40. The predicted molar refractivity (Wildman–Crippen MR) is 87.1 cm³/mol. The van der Waals surface area contributed by atoms with Crippen LogP contribution in [0.1, 0.15) is 57.6 Å². The van der Waals surface area contributed by atoms with E-state index in [1.807, 2.05) is 6.07 Å². The van der Waals surface area contributed by atoms with Crippen molar-refractivity contribution in [1.82, 2.24) is 4.90 Å². The summed E-state index contributed by atoms with van der Waals surface area (Å²) in [4.78, 5) is 2.65. The molecule has 0 amide bonds. The van der Waals surface area contributed by atoms with Crippen LogP contribution in [0, 0.1) is 0 Å². The normalized spacial score (nSPS) is 24.9. The molecule has 1 aliphatic carbocycles. The number of nitrogens with zero attached hydrogens (tertiary/aromatic N) is 1. The molecule has 2 N–H and O–H groups in total. The first-order valence-corrected chi connectivity index (χ1v) is 8.26. The maximum absolute atomic E-state index is 6.14. The highest BCUT2D eigenvalue weighted by molar-refractivity contribution is 6.30. The van der Waals surface area contributed by atoms with Crippen LogP contribution in [0.25, 0.3) is 0 Å². The zero-order valence-corrected chi connectivity index (χ0v) is 13.4. The monoisotopic (exact) mass is 294 g/mol. The van der Waals surface area contributed by atoms with Crippen LogP contribution < -0.4 is 5.73 Å². The molecular formula is C17H27ClN2. The van der Waals surface area contributed by atoms with E-state index in [2.05, 4.69) is 36.9 Å². The fraction of sp³-hybridized carbons (Fsp3) is 0.647. The lowest BCUT2D eigenvalue weighted by molar-refractivity contribution is 0.107. The largest absolute Gasteiger partial charge is 0.328 e. The Balaban J connectivity index is 2.11. The molecule has 0 aliphatic heterocycles. The Morgan fingerprint density at radius 1 is 1.30 bits per heavy atom. The quantitative estimate of drug-likeness (QED) is 0.873. The van der Waals surface area contributed by atoms with Crippen LogP contribution in [0.2, 0.25) is 5.02 Å². The third-order valence-corrected chi connectivity index (χ3v) is 4.76. The summed E-state index contributed by atoms with van der Waals surface area (Å²) in [5, 5.41) is 0.830. The van der Waals surface area contributed by atoms with Crippen molar-refractivity contribution in [2.24, 2.45) is 5.73 Å². The lowest BCUT2D eigenvalue weighted by Crippen LogP contribution is -2.42. The molecule has 1 aromatic carbocycles. The maximum Gasteiger partial charge on any atom is 0.0409 e. The van der Waals surface area contributed by atoms with Crippen molar-refractivity contribution >= 4 is 11.6 Å². The van der Waals surface area contributed by atoms with Crippen LogP contribution in [0.4, 0.5) is 0 Å². The van der Waals surface area contributed by atoms with Gasteiger partial charge in [0, 0.05) is 23.1 Å². The standard InChI is InChI=1S/C17H27ClN2/c1-3-11-20(17-9-7-16(19)8-10-17)13(2)14-5-4-6-15(18)12-14/h4-6,12-13,16-17H,3,7-11,19H2,1-2H3. The highest BCUT2D eigenvalue weighted by Gasteiger charge is 2.27. The zero-order valence-electron chi connectivity index (χ0n) is 12.7. The number of benzene rings is 1. The molecule has 1 fully saturated rings. The van der Waals surface area contributed by atoms with Crippen molar-refractivity contribution in [3.8, 4) is 0 Å². The van der Waals surface area contributed by atoms with E-state index in [0.717, 1.165) is 24.4 Å². The van der Waals surface area contributed by atoms with Crippen molar-refractivity contribution in [1.29, 1.82) is 0 Å². The van der Waals surface area contributed by atoms with E-state index in [4.69, 9.17) is 17.3 Å². The van der Waals surface area contributed by atoms with Gasteiger partial charge in [-0.05, 0) is 63.3 Å². The Hall–Kier alpha value is -0.570. The summed E-state index contributed by atoms with van der Waals surface area (Å²) < 4.78 is 0. The third kappa shape index (κ3) is 3.97. The summed E-state index contributed by atoms with van der Waals surface area (Å²) in [7, 11) is 0. The van der Waals surface area contributed by atoms with Gasteiger partial charge in [0.2, 0.25) is 0 Å². The number of nitrogens with two attached hydrogens (primary N) is 1. The van der Waals surface area contributed by atoms with Crippen molar-refractivity contribution in [3.05, 3.63) is 34.9 Å². The predicted octanol–water partition coefficient (Wildman–Crippen LogP) is 4.38. The highest BCUT2D eigenvalue weighted by atomic mass is 35.5. The minimum Gasteiger partial charge on any atom is -0.328 e. The van der Waals surface area contributed by atoms with Crippen LogP contribution in [0.5, 0.6) is 0 Å². The Labute approximate surface area is 128 Å². The number of hydrogen-bond donors (Lipinski definition) is 1. The van der Waals surface area contributed by atoms with Gasteiger partial charge in [0.25, 0.3) is 0 Å². The first-order valence-electron chi connectivity index (χ1n) is 7.88. The molecule has 0 aromatic heterocycles. The molecule has 1 aromatic rings. The smallest absolute Gasteiger partial charge is 0.0409 e. The van der Waals surface area contributed by atoms with E-state index in [9.17, 15) is 0 Å². The maximum atomic E-state index is 6.14. The van der Waals surface area contributed by atoms with Crippen molar-refractivity contribution in [3.63, 3.8) is 0 Å². The Morgan fingerprint density at radius 3 is 2.60 bits per heavy atom. The van der Waals surface area contributed by atoms with Crippen LogP contribution in [-0.2, 0) is 0 Å². The van der Waals surface area contributed by atoms with Gasteiger partial charge in [0.15, 0.2) is 0 Å². The first-order chi connectivity index (χ1) is 9.61. The van der Waals surface area contributed by atoms with Gasteiger partial charge in [-0.15, -0.1) is 0 Å². The van der Waals surface area contributed by atoms with E-state index in [0.29, 0.717) is 18.1 Å². The molecule has 2 rings (SSSR count). The van der Waals surface area contributed by atoms with Crippen molar-refractivity contribution in [2.45, 2.75) is 64.1 Å². The molecule has 1 atom stereocenters. The Morgan fingerprint density at radius 2 is 2.00 bits per heavy atom. The molecule has 112 valence electrons.